The smallest absolute Gasteiger partial charge is 0.403 e. The lowest BCUT2D eigenvalue weighted by molar-refractivity contribution is -0.107. The summed E-state index contributed by atoms with van der Waals surface area (Å²) in [6.07, 6.45) is 7.85. The molecule has 2 fully saturated rings. The van der Waals surface area contributed by atoms with Crippen LogP contribution in [0.1, 0.15) is 150 Å². The lowest BCUT2D eigenvalue weighted by Crippen LogP contribution is -2.47. The normalized spacial score (nSPS) is 15.1. The molecule has 2 saturated heterocycles. The van der Waals surface area contributed by atoms with Crippen molar-refractivity contribution in [3.05, 3.63) is 313 Å². The number of unbranched alkanes of at least 4 members (excludes halogenated alkanes) is 3. The molecule has 516 valence electrons. The molecule has 2 aliphatic rings. The van der Waals surface area contributed by atoms with Crippen LogP contribution in [0.3, 0.4) is 0 Å². The molecular formula is C79H96B2Cl2N10O5Si. The minimum Gasteiger partial charge on any atom is -0.403 e. The van der Waals surface area contributed by atoms with Crippen molar-refractivity contribution in [1.29, 1.82) is 0 Å². The van der Waals surface area contributed by atoms with E-state index in [1.807, 2.05) is 115 Å². The van der Waals surface area contributed by atoms with Gasteiger partial charge in [-0.15, -0.1) is 9.88 Å². The van der Waals surface area contributed by atoms with Gasteiger partial charge >= 0.3 is 14.2 Å². The Kier molecular flexibility index (Phi) is 29.2. The largest absolute Gasteiger partial charge is 0.457 e. The molecule has 0 bridgehead atoms. The zero-order valence-electron chi connectivity index (χ0n) is 59.3. The molecule has 99 heavy (non-hydrogen) atoms. The number of aromatic nitrogens is 4. The Balaban J connectivity index is 0.000000215. The Morgan fingerprint density at radius 1 is 0.566 bits per heavy atom. The summed E-state index contributed by atoms with van der Waals surface area (Å²) in [6.45, 7) is 30.2. The van der Waals surface area contributed by atoms with Gasteiger partial charge in [-0.3, -0.25) is 5.32 Å². The molecule has 1 unspecified atom stereocenters. The molecule has 9 aromatic rings. The summed E-state index contributed by atoms with van der Waals surface area (Å²) in [5.74, 6) is 0.780. The van der Waals surface area contributed by atoms with Crippen LogP contribution in [0.5, 0.6) is 0 Å². The third kappa shape index (κ3) is 22.2. The highest BCUT2D eigenvalue weighted by Crippen LogP contribution is 2.42. The number of hydrogen-bond donors (Lipinski definition) is 2. The minimum atomic E-state index is -1.45. The number of carbonyl (C=O) groups excluding carboxylic acids is 1. The van der Waals surface area contributed by atoms with Crippen LogP contribution in [-0.2, 0) is 47.6 Å². The van der Waals surface area contributed by atoms with Crippen molar-refractivity contribution in [3.8, 4) is 0 Å². The fraction of sp³-hybridized carbons (Fsp3) is 0.354. The second kappa shape index (κ2) is 36.9. The summed E-state index contributed by atoms with van der Waals surface area (Å²) in [5, 5.41) is 18.9. The van der Waals surface area contributed by atoms with E-state index in [0.29, 0.717) is 29.6 Å². The fourth-order valence-electron chi connectivity index (χ4n) is 11.5. The van der Waals surface area contributed by atoms with Crippen molar-refractivity contribution < 1.29 is 23.4 Å². The van der Waals surface area contributed by atoms with Crippen molar-refractivity contribution in [3.63, 3.8) is 0 Å². The number of rotatable bonds is 23. The number of nitrogens with zero attached hydrogens (tertiary/aromatic N) is 8. The Morgan fingerprint density at radius 2 is 0.919 bits per heavy atom. The average molecular weight is 1390 g/mol. The van der Waals surface area contributed by atoms with Crippen LogP contribution in [0.4, 0.5) is 0 Å². The molecule has 0 saturated carbocycles. The van der Waals surface area contributed by atoms with Crippen LogP contribution in [0.25, 0.3) is 15.3 Å². The van der Waals surface area contributed by atoms with Gasteiger partial charge in [0.05, 0.1) is 46.1 Å². The number of carbonyl (C=O) groups is 1. The van der Waals surface area contributed by atoms with E-state index in [4.69, 9.17) is 59.7 Å². The quantitative estimate of drug-likeness (QED) is 0.00911. The number of aldehydes is 1. The highest BCUT2D eigenvalue weighted by atomic mass is 35.5. The van der Waals surface area contributed by atoms with Gasteiger partial charge in [-0.2, -0.15) is 0 Å². The number of hydrogen-bond acceptors (Lipinski definition) is 11. The first-order chi connectivity index (χ1) is 47.3. The van der Waals surface area contributed by atoms with Gasteiger partial charge in [0.25, 0.3) is 0 Å². The molecule has 8 aromatic carbocycles. The number of nitrogens with one attached hydrogen (secondary N) is 1. The van der Waals surface area contributed by atoms with Gasteiger partial charge in [0.15, 0.2) is 5.82 Å². The summed E-state index contributed by atoms with van der Waals surface area (Å²) in [5.41, 5.74) is 21.1. The van der Waals surface area contributed by atoms with Gasteiger partial charge < -0.3 is 34.0 Å². The van der Waals surface area contributed by atoms with Gasteiger partial charge in [0, 0.05) is 22.0 Å². The van der Waals surface area contributed by atoms with Crippen molar-refractivity contribution in [2.24, 2.45) is 10.5 Å². The van der Waals surface area contributed by atoms with Crippen LogP contribution in [0.2, 0.25) is 42.3 Å². The van der Waals surface area contributed by atoms with Gasteiger partial charge in [0.2, 0.25) is 6.54 Å². The Labute approximate surface area is 599 Å². The number of nitrogens with two attached hydrogens (primary N) is 1. The maximum absolute atomic E-state index is 10.1. The van der Waals surface area contributed by atoms with Gasteiger partial charge in [0.1, 0.15) is 14.5 Å². The number of halogens is 2. The molecule has 1 atom stereocenters. The van der Waals surface area contributed by atoms with Gasteiger partial charge in [-0.05, 0) is 165 Å². The molecule has 2 aliphatic heterocycles. The number of azide groups is 1. The Hall–Kier alpha value is -8.01. The molecule has 0 aliphatic carbocycles. The van der Waals surface area contributed by atoms with E-state index in [0.717, 1.165) is 101 Å². The molecule has 0 spiro atoms. The molecule has 11 rings (SSSR count). The van der Waals surface area contributed by atoms with Crippen molar-refractivity contribution in [2.45, 2.75) is 179 Å². The average Bonchev–Trinajstić information content (AvgIpc) is 1.55. The predicted octanol–water partition coefficient (Wildman–Crippen LogP) is 19.5. The summed E-state index contributed by atoms with van der Waals surface area (Å²) in [6, 6.07) is 77.6. The van der Waals surface area contributed by atoms with Crippen LogP contribution >= 0.6 is 23.2 Å². The lowest BCUT2D eigenvalue weighted by Gasteiger charge is -2.40. The Morgan fingerprint density at radius 3 is 1.25 bits per heavy atom. The summed E-state index contributed by atoms with van der Waals surface area (Å²) in [7, 11) is -1.78. The molecule has 15 nitrogen and oxygen atoms in total. The molecular weight excluding hydrogens is 1290 g/mol. The van der Waals surface area contributed by atoms with E-state index in [2.05, 4.69) is 218 Å². The molecule has 3 heterocycles. The second-order valence-corrected chi connectivity index (χ2v) is 33.1. The van der Waals surface area contributed by atoms with Crippen molar-refractivity contribution in [2.75, 3.05) is 0 Å². The van der Waals surface area contributed by atoms with E-state index < -0.39 is 19.3 Å². The molecule has 3 N–H and O–H groups in total. The monoisotopic (exact) mass is 1380 g/mol. The zero-order valence-corrected chi connectivity index (χ0v) is 61.8. The summed E-state index contributed by atoms with van der Waals surface area (Å²) in [4.78, 5) is 16.1. The van der Waals surface area contributed by atoms with Gasteiger partial charge in [-0.1, -0.05) is 268 Å². The fourth-order valence-corrected chi connectivity index (χ4v) is 12.0. The molecule has 0 amide bonds. The third-order valence-electron chi connectivity index (χ3n) is 18.1. The van der Waals surface area contributed by atoms with E-state index in [9.17, 15) is 4.79 Å². The molecule has 1 aromatic heterocycles. The van der Waals surface area contributed by atoms with Crippen molar-refractivity contribution in [1.82, 2.24) is 25.5 Å². The lowest BCUT2D eigenvalue weighted by atomic mass is 9.76. The van der Waals surface area contributed by atoms with E-state index in [1.165, 1.54) is 0 Å². The summed E-state index contributed by atoms with van der Waals surface area (Å²) < 4.78 is 29.8. The first-order valence-electron chi connectivity index (χ1n) is 34.0. The van der Waals surface area contributed by atoms with Crippen LogP contribution in [0.15, 0.2) is 235 Å². The van der Waals surface area contributed by atoms with E-state index in [1.54, 1.807) is 12.1 Å². The maximum atomic E-state index is 10.1. The maximum Gasteiger partial charge on any atom is 0.457 e. The zero-order chi connectivity index (χ0) is 71.6. The standard InChI is InChI=1S/C38H43BClN5O2.C19H17N.C11H21BO3.C8H6ClN.C3H9N3Si/c1-36(2)37(3,4)47-39(46-36)27-15-14-22-34(35-42-43-44-45(35)28-29-23-25-33(40)26-24-29)41-38(30-16-8-5-9-17-30,31-18-10-6-11-19-31)32-20-12-7-13-21-32;20-19(16-10-4-1-5-11-16,17-12-6-2-7-13-17)18-14-8-3-9-15-18;1-10(2)11(3,4)15-12(14-10)8-6-5-7-9-13;1-10-6-7-2-4-8(9)5-3-7;1-7(2,3)6-5-4/h5-13,16-21,23-26,34,41H,14-15,22,27-28H2,1-4H3;1-15H,20H2;9H,5-8H2,1-4H3;2-5H,6H2;1-3H3. The number of tetrazole rings is 1. The minimum absolute atomic E-state index is 0.110. The van der Waals surface area contributed by atoms with E-state index >= 15 is 0 Å². The molecule has 0 radical (unpaired) electrons. The SMILES string of the molecule is CC1(C)OB(CCCCC(NC(c2ccccc2)(c2ccccc2)c2ccccc2)c2nnnn2Cc2ccc(Cl)cc2)OC1(C)C.CC1(C)OB(CCCCC=O)OC1(C)C.C[Si](C)(C)N=[N+]=[N-].NC(c1ccccc1)(c1ccccc1)c1ccccc1.[C-]#[N+]Cc1ccc(Cl)cc1. The van der Waals surface area contributed by atoms with Crippen molar-refractivity contribution >= 4 is 52.0 Å². The highest BCUT2D eigenvalue weighted by molar-refractivity contribution is 6.74. The summed E-state index contributed by atoms with van der Waals surface area (Å²) >= 11 is 11.8. The third-order valence-corrected chi connectivity index (χ3v) is 19.3. The predicted molar refractivity (Wildman–Crippen MR) is 407 cm³/mol. The molecule has 20 heteroatoms. The van der Waals surface area contributed by atoms with Crippen LogP contribution in [-0.4, -0.2) is 71.4 Å². The first-order valence-corrected chi connectivity index (χ1v) is 38.2. The Bertz CT molecular complexity index is 3720. The topological polar surface area (TPSA) is 189 Å². The van der Waals surface area contributed by atoms with Gasteiger partial charge in [-0.25, -0.2) is 11.3 Å². The highest BCUT2D eigenvalue weighted by Gasteiger charge is 2.52. The van der Waals surface area contributed by atoms with Crippen LogP contribution in [0, 0.1) is 6.57 Å². The number of benzene rings is 8. The van der Waals surface area contributed by atoms with E-state index in [-0.39, 0.29) is 42.7 Å². The second-order valence-electron chi connectivity index (χ2n) is 27.7. The first kappa shape index (κ1) is 78.3. The van der Waals surface area contributed by atoms with Crippen LogP contribution < -0.4 is 11.1 Å².